The van der Waals surface area contributed by atoms with E-state index in [1.807, 2.05) is 30.3 Å². The maximum atomic E-state index is 13.7. The van der Waals surface area contributed by atoms with Gasteiger partial charge in [0.2, 0.25) is 20.8 Å². The van der Waals surface area contributed by atoms with Gasteiger partial charge >= 0.3 is 0 Å². The Morgan fingerprint density at radius 1 is 1.15 bits per heavy atom. The van der Waals surface area contributed by atoms with Gasteiger partial charge in [0.05, 0.1) is 23.7 Å². The Morgan fingerprint density at radius 3 is 2.62 bits per heavy atom. The van der Waals surface area contributed by atoms with Crippen molar-refractivity contribution in [2.24, 2.45) is 0 Å². The van der Waals surface area contributed by atoms with Gasteiger partial charge in [0.25, 0.3) is 5.56 Å². The number of hydrogen-bond donors (Lipinski definition) is 3. The number of imidazole rings is 2. The van der Waals surface area contributed by atoms with Gasteiger partial charge in [0.15, 0.2) is 20.2 Å². The van der Waals surface area contributed by atoms with Crippen molar-refractivity contribution in [3.8, 4) is 11.3 Å². The van der Waals surface area contributed by atoms with E-state index in [2.05, 4.69) is 15.0 Å². The molecule has 2 aromatic carbocycles. The van der Waals surface area contributed by atoms with E-state index in [0.29, 0.717) is 10.7 Å². The van der Waals surface area contributed by atoms with E-state index in [1.165, 1.54) is 28.7 Å². The molecule has 1 aliphatic heterocycles. The monoisotopic (exact) mass is 589 g/mol. The summed E-state index contributed by atoms with van der Waals surface area (Å²) in [4.78, 5) is 25.2. The summed E-state index contributed by atoms with van der Waals surface area (Å²) in [5, 5.41) is 21.1. The third-order valence-corrected chi connectivity index (χ3v) is 8.94. The first-order chi connectivity index (χ1) is 18.7. The Hall–Kier alpha value is -3.16. The van der Waals surface area contributed by atoms with Gasteiger partial charge < -0.3 is 24.2 Å². The van der Waals surface area contributed by atoms with Crippen LogP contribution in [0, 0.1) is 0 Å². The second kappa shape index (κ2) is 10.1. The molecule has 4 heterocycles. The molecule has 12 nitrogen and oxygen atoms in total. The fraction of sp³-hybridized carbons (Fsp3) is 0.208. The number of nitrogens with zero attached hydrogens (tertiary/aromatic N) is 4. The van der Waals surface area contributed by atoms with E-state index in [9.17, 15) is 23.4 Å². The highest BCUT2D eigenvalue weighted by atomic mass is 35.5. The minimum Gasteiger partial charge on any atom is -0.388 e. The Bertz CT molecular complexity index is 1840. The van der Waals surface area contributed by atoms with Crippen molar-refractivity contribution >= 4 is 47.4 Å². The van der Waals surface area contributed by atoms with Crippen LogP contribution in [0.5, 0.6) is 0 Å². The molecule has 0 saturated carbocycles. The molecule has 6 rings (SSSR count). The van der Waals surface area contributed by atoms with Crippen LogP contribution in [0.3, 0.4) is 0 Å². The van der Waals surface area contributed by atoms with Gasteiger partial charge in [-0.05, 0) is 29.8 Å². The molecule has 1 saturated heterocycles. The maximum absolute atomic E-state index is 13.7. The first-order valence-electron chi connectivity index (χ1n) is 11.7. The molecule has 4 atom stereocenters. The number of H-pyrrole nitrogens is 1. The number of rotatable bonds is 6. The molecule has 39 heavy (non-hydrogen) atoms. The second-order valence-corrected chi connectivity index (χ2v) is 11.9. The molecule has 1 aliphatic rings. The highest BCUT2D eigenvalue weighted by Gasteiger charge is 2.35. The highest BCUT2D eigenvalue weighted by molar-refractivity contribution is 7.91. The van der Waals surface area contributed by atoms with Crippen molar-refractivity contribution in [3.63, 3.8) is 0 Å². The fourth-order valence-electron chi connectivity index (χ4n) is 4.40. The molecule has 0 amide bonds. The summed E-state index contributed by atoms with van der Waals surface area (Å²) in [6.45, 7) is -0.439. The fourth-order valence-corrected chi connectivity index (χ4v) is 6.62. The lowest BCUT2D eigenvalue weighted by Crippen LogP contribution is -2.44. The third kappa shape index (κ3) is 4.66. The topological polar surface area (TPSA) is 161 Å². The van der Waals surface area contributed by atoms with Crippen LogP contribution in [0.2, 0.25) is 5.02 Å². The van der Waals surface area contributed by atoms with Crippen LogP contribution in [-0.2, 0) is 25.4 Å². The second-order valence-electron chi connectivity index (χ2n) is 8.89. The van der Waals surface area contributed by atoms with Crippen molar-refractivity contribution in [1.82, 2.24) is 23.9 Å². The summed E-state index contributed by atoms with van der Waals surface area (Å²) < 4.78 is 40.3. The Morgan fingerprint density at radius 2 is 1.90 bits per heavy atom. The number of benzene rings is 2. The van der Waals surface area contributed by atoms with Crippen LogP contribution in [0.1, 0.15) is 0 Å². The molecule has 0 bridgehead atoms. The van der Waals surface area contributed by atoms with Gasteiger partial charge in [-0.1, -0.05) is 41.9 Å². The Labute approximate surface area is 227 Å². The molecule has 15 heteroatoms. The van der Waals surface area contributed by atoms with Crippen LogP contribution in [0.25, 0.3) is 28.2 Å². The number of halogens is 1. The van der Waals surface area contributed by atoms with E-state index in [1.54, 1.807) is 6.20 Å². The van der Waals surface area contributed by atoms with Crippen LogP contribution in [0.15, 0.2) is 75.6 Å². The zero-order valence-corrected chi connectivity index (χ0v) is 22.5. The third-order valence-electron chi connectivity index (χ3n) is 6.35. The lowest BCUT2D eigenvalue weighted by Gasteiger charge is -2.31. The molecular weight excluding hydrogens is 569 g/mol. The number of aromatic amines is 1. The number of fused-ring (bicyclic) bond motifs is 2. The number of aromatic nitrogens is 5. The molecule has 0 spiro atoms. The minimum atomic E-state index is -4.29. The summed E-state index contributed by atoms with van der Waals surface area (Å²) in [5.74, 6) is 0.154. The normalized spacial score (nSPS) is 19.7. The molecule has 4 unspecified atom stereocenters. The van der Waals surface area contributed by atoms with Crippen LogP contribution >= 0.6 is 20.6 Å². The molecule has 202 valence electrons. The lowest BCUT2D eigenvalue weighted by molar-refractivity contribution is -0.0824. The van der Waals surface area contributed by atoms with Gasteiger partial charge in [-0.2, -0.15) is 4.98 Å². The largest absolute Gasteiger partial charge is 0.388 e. The van der Waals surface area contributed by atoms with Crippen molar-refractivity contribution < 1.29 is 27.7 Å². The average Bonchev–Trinajstić information content (AvgIpc) is 3.53. The molecule has 5 aromatic rings. The minimum absolute atomic E-state index is 0.0499. The van der Waals surface area contributed by atoms with E-state index in [-0.39, 0.29) is 35.0 Å². The van der Waals surface area contributed by atoms with Crippen LogP contribution in [-0.4, -0.2) is 67.5 Å². The summed E-state index contributed by atoms with van der Waals surface area (Å²) in [5.41, 5.74) is 0.570. The van der Waals surface area contributed by atoms with Crippen LogP contribution < -0.4 is 5.56 Å². The number of sulfone groups is 1. The van der Waals surface area contributed by atoms with Crippen molar-refractivity contribution in [1.29, 1.82) is 0 Å². The molecule has 1 fully saturated rings. The summed E-state index contributed by atoms with van der Waals surface area (Å²) in [6, 6.07) is 14.8. The number of nitrogens with one attached hydrogen (secondary N) is 1. The molecule has 0 radical (unpaired) electrons. The first kappa shape index (κ1) is 26.1. The van der Waals surface area contributed by atoms with Crippen molar-refractivity contribution in [2.75, 3.05) is 6.61 Å². The molecular formula is C24H21ClN5O7PS. The van der Waals surface area contributed by atoms with Gasteiger partial charge in [0.1, 0.15) is 18.3 Å². The van der Waals surface area contributed by atoms with Gasteiger partial charge in [-0.3, -0.25) is 9.36 Å². The number of aliphatic hydroxyl groups excluding tert-OH is 2. The quantitative estimate of drug-likeness (QED) is 0.252. The first-order valence-corrected chi connectivity index (χ1v) is 14.4. The average molecular weight is 590 g/mol. The number of aliphatic hydroxyl groups is 2. The summed E-state index contributed by atoms with van der Waals surface area (Å²) in [6.07, 6.45) is -2.01. The van der Waals surface area contributed by atoms with E-state index >= 15 is 0 Å². The zero-order valence-electron chi connectivity index (χ0n) is 19.9. The predicted octanol–water partition coefficient (Wildman–Crippen LogP) is 2.17. The SMILES string of the molecule is O=c1c2nc(S(=O)(=O)c3ccc(Cl)cc3)n(CC(O)C3OPOCC3O)c2nc2[nH]c(-c3ccccc3)cn12. The molecule has 3 aromatic heterocycles. The smallest absolute Gasteiger partial charge is 0.287 e. The van der Waals surface area contributed by atoms with Gasteiger partial charge in [-0.15, -0.1) is 0 Å². The van der Waals surface area contributed by atoms with Gasteiger partial charge in [-0.25, -0.2) is 17.8 Å². The Balaban J connectivity index is 1.54. The summed E-state index contributed by atoms with van der Waals surface area (Å²) in [7, 11) is -4.69. The predicted molar refractivity (Wildman–Crippen MR) is 143 cm³/mol. The summed E-state index contributed by atoms with van der Waals surface area (Å²) >= 11 is 5.94. The maximum Gasteiger partial charge on any atom is 0.287 e. The molecule has 3 N–H and O–H groups in total. The Kier molecular flexibility index (Phi) is 6.76. The van der Waals surface area contributed by atoms with E-state index < -0.39 is 47.9 Å². The standard InChI is InChI=1S/C24H21ClN5O7PS/c25-14-6-8-15(9-7-14)39(34,35)24-27-19-21(29(24)11-17(31)20-18(32)12-36-38-37-20)28-23-26-16(10-30(23)22(19)33)13-4-2-1-3-5-13/h1-10,17-18,20,31-32,38H,11-12H2,(H,26,28). The zero-order chi connectivity index (χ0) is 27.3. The van der Waals surface area contributed by atoms with Crippen molar-refractivity contribution in [3.05, 3.63) is 76.2 Å². The highest BCUT2D eigenvalue weighted by Crippen LogP contribution is 2.30. The van der Waals surface area contributed by atoms with E-state index in [4.69, 9.17) is 20.6 Å². The molecule has 0 aliphatic carbocycles. The van der Waals surface area contributed by atoms with Crippen LogP contribution in [0.4, 0.5) is 0 Å². The lowest BCUT2D eigenvalue weighted by atomic mass is 10.1. The van der Waals surface area contributed by atoms with Crippen molar-refractivity contribution in [2.45, 2.75) is 34.9 Å². The van der Waals surface area contributed by atoms with Gasteiger partial charge in [0, 0.05) is 11.2 Å². The van der Waals surface area contributed by atoms with E-state index in [0.717, 1.165) is 10.1 Å². The number of hydrogen-bond acceptors (Lipinski definition) is 9.